The van der Waals surface area contributed by atoms with E-state index >= 15 is 0 Å². The molecule has 5 heteroatoms. The first-order chi connectivity index (χ1) is 11.0. The molecule has 0 amide bonds. The minimum absolute atomic E-state index is 0.0156. The Kier molecular flexibility index (Phi) is 5.56. The normalized spacial score (nSPS) is 10.7. The molecule has 0 aliphatic carbocycles. The van der Waals surface area contributed by atoms with E-state index in [0.29, 0.717) is 17.7 Å². The number of nitrogens with one attached hydrogen (secondary N) is 1. The number of ether oxygens (including phenoxy) is 1. The third kappa shape index (κ3) is 3.99. The maximum atomic E-state index is 12.2. The Morgan fingerprint density at radius 2 is 1.96 bits per heavy atom. The second kappa shape index (κ2) is 7.61. The Hall–Kier alpha value is -2.58. The molecule has 0 aliphatic heterocycles. The van der Waals surface area contributed by atoms with Crippen molar-refractivity contribution in [3.8, 4) is 12.3 Å². The van der Waals surface area contributed by atoms with E-state index in [1.807, 2.05) is 44.2 Å². The Morgan fingerprint density at radius 1 is 1.26 bits per heavy atom. The van der Waals surface area contributed by atoms with Crippen molar-refractivity contribution >= 4 is 0 Å². The highest BCUT2D eigenvalue weighted by atomic mass is 16.5. The van der Waals surface area contributed by atoms with Crippen LogP contribution < -0.4 is 11.2 Å². The Balaban J connectivity index is 2.55. The van der Waals surface area contributed by atoms with Gasteiger partial charge in [-0.05, 0) is 11.5 Å². The number of hydrogen-bond acceptors (Lipinski definition) is 3. The van der Waals surface area contributed by atoms with Crippen molar-refractivity contribution in [3.63, 3.8) is 0 Å². The molecule has 2 aromatic rings. The zero-order chi connectivity index (χ0) is 16.8. The fourth-order valence-electron chi connectivity index (χ4n) is 2.54. The molecule has 0 aliphatic rings. The molecule has 1 N–H and O–H groups in total. The molecule has 0 fully saturated rings. The standard InChI is InChI=1S/C18H20N2O3/c1-4-10-23-12-20-15(11-14-8-6-5-7-9-14)16(13(2)3)17(21)19-18(20)22/h1,5-9,13H,10-12H2,2-3H3,(H,19,21,22). The van der Waals surface area contributed by atoms with Crippen LogP contribution in [0.25, 0.3) is 0 Å². The lowest BCUT2D eigenvalue weighted by molar-refractivity contribution is 0.0980. The van der Waals surface area contributed by atoms with Crippen LogP contribution in [-0.4, -0.2) is 16.2 Å². The molecule has 0 atom stereocenters. The van der Waals surface area contributed by atoms with Gasteiger partial charge < -0.3 is 4.74 Å². The van der Waals surface area contributed by atoms with Crippen molar-refractivity contribution < 1.29 is 4.74 Å². The predicted molar refractivity (Wildman–Crippen MR) is 89.4 cm³/mol. The molecule has 5 nitrogen and oxygen atoms in total. The van der Waals surface area contributed by atoms with Crippen molar-refractivity contribution in [2.75, 3.05) is 6.61 Å². The van der Waals surface area contributed by atoms with Crippen LogP contribution >= 0.6 is 0 Å². The highest BCUT2D eigenvalue weighted by Gasteiger charge is 2.17. The van der Waals surface area contributed by atoms with Crippen LogP contribution in [0.15, 0.2) is 39.9 Å². The number of hydrogen-bond donors (Lipinski definition) is 1. The van der Waals surface area contributed by atoms with Gasteiger partial charge in [0.05, 0.1) is 0 Å². The molecule has 2 rings (SSSR count). The molecule has 0 saturated heterocycles. The smallest absolute Gasteiger partial charge is 0.330 e. The first-order valence-corrected chi connectivity index (χ1v) is 7.45. The summed E-state index contributed by atoms with van der Waals surface area (Å²) < 4.78 is 6.75. The molecule has 0 spiro atoms. The number of nitrogens with zero attached hydrogens (tertiary/aromatic N) is 1. The van der Waals surface area contributed by atoms with E-state index in [2.05, 4.69) is 10.9 Å². The van der Waals surface area contributed by atoms with Crippen molar-refractivity contribution in [2.45, 2.75) is 32.9 Å². The average Bonchev–Trinajstić information content (AvgIpc) is 2.50. The minimum Gasteiger partial charge on any atom is -0.348 e. The molecule has 120 valence electrons. The lowest BCUT2D eigenvalue weighted by atomic mass is 9.98. The number of benzene rings is 1. The van der Waals surface area contributed by atoms with Crippen molar-refractivity contribution in [2.24, 2.45) is 0 Å². The maximum absolute atomic E-state index is 12.2. The van der Waals surface area contributed by atoms with Gasteiger partial charge >= 0.3 is 5.69 Å². The van der Waals surface area contributed by atoms with Gasteiger partial charge in [-0.1, -0.05) is 50.1 Å². The number of aromatic amines is 1. The zero-order valence-corrected chi connectivity index (χ0v) is 13.3. The summed E-state index contributed by atoms with van der Waals surface area (Å²) in [5.74, 6) is 2.35. The van der Waals surface area contributed by atoms with Gasteiger partial charge in [0.2, 0.25) is 0 Å². The summed E-state index contributed by atoms with van der Waals surface area (Å²) in [7, 11) is 0. The Bertz CT molecular complexity index is 811. The van der Waals surface area contributed by atoms with Gasteiger partial charge in [0.1, 0.15) is 13.3 Å². The lowest BCUT2D eigenvalue weighted by Gasteiger charge is -2.18. The molecule has 23 heavy (non-hydrogen) atoms. The van der Waals surface area contributed by atoms with E-state index < -0.39 is 5.69 Å². The van der Waals surface area contributed by atoms with Gasteiger partial charge in [0.15, 0.2) is 0 Å². The molecule has 1 aromatic heterocycles. The van der Waals surface area contributed by atoms with Gasteiger partial charge in [-0.2, -0.15) is 0 Å². The number of aromatic nitrogens is 2. The number of rotatable bonds is 6. The van der Waals surface area contributed by atoms with Gasteiger partial charge in [-0.15, -0.1) is 6.42 Å². The van der Waals surface area contributed by atoms with Gasteiger partial charge in [0, 0.05) is 17.7 Å². The molecule has 0 bridgehead atoms. The van der Waals surface area contributed by atoms with Crippen LogP contribution in [0.1, 0.15) is 36.6 Å². The van der Waals surface area contributed by atoms with Crippen LogP contribution in [-0.2, 0) is 17.9 Å². The molecule has 0 radical (unpaired) electrons. The SMILES string of the molecule is C#CCOCn1c(Cc2ccccc2)c(C(C)C)c(=O)[nH]c1=O. The van der Waals surface area contributed by atoms with Crippen molar-refractivity contribution in [1.82, 2.24) is 9.55 Å². The van der Waals surface area contributed by atoms with E-state index in [-0.39, 0.29) is 24.8 Å². The maximum Gasteiger partial charge on any atom is 0.330 e. The summed E-state index contributed by atoms with van der Waals surface area (Å²) in [6, 6.07) is 9.70. The summed E-state index contributed by atoms with van der Waals surface area (Å²) in [5.41, 5.74) is 1.45. The third-order valence-corrected chi connectivity index (χ3v) is 3.54. The van der Waals surface area contributed by atoms with Crippen molar-refractivity contribution in [1.29, 1.82) is 0 Å². The first-order valence-electron chi connectivity index (χ1n) is 7.45. The first kappa shape index (κ1) is 16.8. The topological polar surface area (TPSA) is 64.1 Å². The van der Waals surface area contributed by atoms with Crippen LogP contribution in [0.3, 0.4) is 0 Å². The summed E-state index contributed by atoms with van der Waals surface area (Å²) in [6.07, 6.45) is 5.65. The van der Waals surface area contributed by atoms with Crippen molar-refractivity contribution in [3.05, 3.63) is 68.0 Å². The summed E-state index contributed by atoms with van der Waals surface area (Å²) >= 11 is 0. The fraction of sp³-hybridized carbons (Fsp3) is 0.333. The minimum atomic E-state index is -0.484. The van der Waals surface area contributed by atoms with Crippen LogP contribution in [0.2, 0.25) is 0 Å². The highest BCUT2D eigenvalue weighted by Crippen LogP contribution is 2.17. The summed E-state index contributed by atoms with van der Waals surface area (Å²) in [4.78, 5) is 26.8. The predicted octanol–water partition coefficient (Wildman–Crippen LogP) is 1.86. The third-order valence-electron chi connectivity index (χ3n) is 3.54. The molecular formula is C18H20N2O3. The highest BCUT2D eigenvalue weighted by molar-refractivity contribution is 5.28. The molecule has 1 aromatic carbocycles. The Morgan fingerprint density at radius 3 is 2.57 bits per heavy atom. The quantitative estimate of drug-likeness (QED) is 0.654. The van der Waals surface area contributed by atoms with Gasteiger partial charge in [-0.3, -0.25) is 14.3 Å². The van der Waals surface area contributed by atoms with Gasteiger partial charge in [-0.25, -0.2) is 4.79 Å². The zero-order valence-electron chi connectivity index (χ0n) is 13.3. The lowest BCUT2D eigenvalue weighted by Crippen LogP contribution is -2.36. The fourth-order valence-corrected chi connectivity index (χ4v) is 2.54. The van der Waals surface area contributed by atoms with Crippen LogP contribution in [0, 0.1) is 12.3 Å². The molecule has 1 heterocycles. The van der Waals surface area contributed by atoms with E-state index in [1.54, 1.807) is 0 Å². The van der Waals surface area contributed by atoms with E-state index in [1.165, 1.54) is 4.57 Å². The molecular weight excluding hydrogens is 292 g/mol. The summed E-state index contributed by atoms with van der Waals surface area (Å²) in [6.45, 7) is 3.97. The van der Waals surface area contributed by atoms with E-state index in [0.717, 1.165) is 5.56 Å². The average molecular weight is 312 g/mol. The molecule has 0 unspecified atom stereocenters. The number of H-pyrrole nitrogens is 1. The summed E-state index contributed by atoms with van der Waals surface area (Å²) in [5, 5.41) is 0. The van der Waals surface area contributed by atoms with E-state index in [4.69, 9.17) is 11.2 Å². The largest absolute Gasteiger partial charge is 0.348 e. The molecule has 0 saturated carbocycles. The second-order valence-corrected chi connectivity index (χ2v) is 5.55. The van der Waals surface area contributed by atoms with Crippen LogP contribution in [0.5, 0.6) is 0 Å². The number of terminal acetylenes is 1. The van der Waals surface area contributed by atoms with Crippen LogP contribution in [0.4, 0.5) is 0 Å². The monoisotopic (exact) mass is 312 g/mol. The van der Waals surface area contributed by atoms with Gasteiger partial charge in [0.25, 0.3) is 5.56 Å². The Labute approximate surface area is 134 Å². The van der Waals surface area contributed by atoms with E-state index in [9.17, 15) is 9.59 Å². The second-order valence-electron chi connectivity index (χ2n) is 5.55.